The Morgan fingerprint density at radius 3 is 2.85 bits per heavy atom. The standard InChI is InChI=1S/C20H22ClNO4/c1-24-19-8-7-16(21)11-18(19)20(23)26-14-17-13-22(9-10-25-17)12-15-5-3-2-4-6-15/h2-8,11,17H,9-10,12-14H2,1H3. The number of methoxy groups -OCH3 is 1. The van der Waals surface area contributed by atoms with Crippen LogP contribution in [0.5, 0.6) is 5.75 Å². The lowest BCUT2D eigenvalue weighted by atomic mass is 10.2. The van der Waals surface area contributed by atoms with Crippen molar-refractivity contribution in [2.75, 3.05) is 33.4 Å². The van der Waals surface area contributed by atoms with Crippen LogP contribution in [-0.4, -0.2) is 50.4 Å². The van der Waals surface area contributed by atoms with Crippen LogP contribution < -0.4 is 4.74 Å². The molecule has 1 atom stereocenters. The first-order valence-electron chi connectivity index (χ1n) is 8.54. The SMILES string of the molecule is COc1ccc(Cl)cc1C(=O)OCC1CN(Cc2ccccc2)CCO1. The molecule has 2 aromatic carbocycles. The number of nitrogens with zero attached hydrogens (tertiary/aromatic N) is 1. The summed E-state index contributed by atoms with van der Waals surface area (Å²) < 4.78 is 16.4. The summed E-state index contributed by atoms with van der Waals surface area (Å²) in [7, 11) is 1.51. The molecule has 1 aliphatic rings. The lowest BCUT2D eigenvalue weighted by molar-refractivity contribution is -0.0612. The van der Waals surface area contributed by atoms with Crippen molar-refractivity contribution in [1.82, 2.24) is 4.90 Å². The van der Waals surface area contributed by atoms with Gasteiger partial charge < -0.3 is 14.2 Å². The number of rotatable bonds is 6. The van der Waals surface area contributed by atoms with Crippen molar-refractivity contribution in [2.24, 2.45) is 0 Å². The Bertz CT molecular complexity index is 738. The highest BCUT2D eigenvalue weighted by Gasteiger charge is 2.23. The Kier molecular flexibility index (Phi) is 6.50. The molecule has 0 N–H and O–H groups in total. The van der Waals surface area contributed by atoms with E-state index in [2.05, 4.69) is 17.0 Å². The molecule has 1 saturated heterocycles. The average molecular weight is 376 g/mol. The summed E-state index contributed by atoms with van der Waals surface area (Å²) in [4.78, 5) is 14.7. The van der Waals surface area contributed by atoms with E-state index in [-0.39, 0.29) is 12.7 Å². The van der Waals surface area contributed by atoms with Gasteiger partial charge >= 0.3 is 5.97 Å². The first-order valence-corrected chi connectivity index (χ1v) is 8.92. The molecule has 26 heavy (non-hydrogen) atoms. The number of carbonyl (C=O) groups excluding carboxylic acids is 1. The van der Waals surface area contributed by atoms with Crippen molar-refractivity contribution >= 4 is 17.6 Å². The molecule has 0 amide bonds. The number of ether oxygens (including phenoxy) is 3. The highest BCUT2D eigenvalue weighted by atomic mass is 35.5. The van der Waals surface area contributed by atoms with Gasteiger partial charge in [-0.25, -0.2) is 4.79 Å². The summed E-state index contributed by atoms with van der Waals surface area (Å²) in [6.07, 6.45) is -0.151. The Morgan fingerprint density at radius 2 is 2.08 bits per heavy atom. The summed E-state index contributed by atoms with van der Waals surface area (Å²) in [5.74, 6) is -0.0252. The summed E-state index contributed by atoms with van der Waals surface area (Å²) in [5, 5.41) is 0.459. The fourth-order valence-electron chi connectivity index (χ4n) is 2.95. The quantitative estimate of drug-likeness (QED) is 0.724. The largest absolute Gasteiger partial charge is 0.496 e. The van der Waals surface area contributed by atoms with Crippen molar-refractivity contribution in [3.63, 3.8) is 0 Å². The molecule has 1 aliphatic heterocycles. The number of morpholine rings is 1. The molecule has 0 aromatic heterocycles. The van der Waals surface area contributed by atoms with Gasteiger partial charge in [0, 0.05) is 24.7 Å². The summed E-state index contributed by atoms with van der Waals surface area (Å²) in [5.41, 5.74) is 1.57. The van der Waals surface area contributed by atoms with Crippen LogP contribution in [0.4, 0.5) is 0 Å². The van der Waals surface area contributed by atoms with Crippen LogP contribution in [-0.2, 0) is 16.0 Å². The maximum Gasteiger partial charge on any atom is 0.342 e. The second kappa shape index (κ2) is 9.03. The van der Waals surface area contributed by atoms with Crippen LogP contribution in [0.1, 0.15) is 15.9 Å². The van der Waals surface area contributed by atoms with E-state index in [0.717, 1.165) is 19.6 Å². The zero-order chi connectivity index (χ0) is 18.4. The van der Waals surface area contributed by atoms with Crippen LogP contribution in [0, 0.1) is 0 Å². The Morgan fingerprint density at radius 1 is 1.27 bits per heavy atom. The number of hydrogen-bond acceptors (Lipinski definition) is 5. The number of esters is 1. The normalized spacial score (nSPS) is 17.7. The second-order valence-corrected chi connectivity index (χ2v) is 6.59. The number of carbonyl (C=O) groups is 1. The molecular weight excluding hydrogens is 354 g/mol. The molecule has 1 fully saturated rings. The van der Waals surface area contributed by atoms with E-state index in [1.165, 1.54) is 12.7 Å². The van der Waals surface area contributed by atoms with Gasteiger partial charge in [0.25, 0.3) is 0 Å². The van der Waals surface area contributed by atoms with Crippen molar-refractivity contribution in [2.45, 2.75) is 12.6 Å². The molecule has 2 aromatic rings. The molecule has 6 heteroatoms. The number of benzene rings is 2. The van der Waals surface area contributed by atoms with Gasteiger partial charge in [0.05, 0.1) is 13.7 Å². The topological polar surface area (TPSA) is 48.0 Å². The first kappa shape index (κ1) is 18.7. The van der Waals surface area contributed by atoms with Crippen molar-refractivity contribution in [1.29, 1.82) is 0 Å². The smallest absolute Gasteiger partial charge is 0.342 e. The van der Waals surface area contributed by atoms with Crippen LogP contribution in [0.3, 0.4) is 0 Å². The molecule has 3 rings (SSSR count). The first-order chi connectivity index (χ1) is 12.7. The predicted molar refractivity (Wildman–Crippen MR) is 99.7 cm³/mol. The molecule has 5 nitrogen and oxygen atoms in total. The molecular formula is C20H22ClNO4. The van der Waals surface area contributed by atoms with Crippen LogP contribution in [0.25, 0.3) is 0 Å². The Hall–Kier alpha value is -2.08. The van der Waals surface area contributed by atoms with Gasteiger partial charge in [-0.3, -0.25) is 4.90 Å². The van der Waals surface area contributed by atoms with Crippen LogP contribution >= 0.6 is 11.6 Å². The third-order valence-electron chi connectivity index (χ3n) is 4.25. The molecule has 0 radical (unpaired) electrons. The lowest BCUT2D eigenvalue weighted by Crippen LogP contribution is -2.44. The maximum atomic E-state index is 12.4. The monoisotopic (exact) mass is 375 g/mol. The summed E-state index contributed by atoms with van der Waals surface area (Å²) in [6, 6.07) is 15.2. The van der Waals surface area contributed by atoms with Crippen LogP contribution in [0.15, 0.2) is 48.5 Å². The van der Waals surface area contributed by atoms with E-state index < -0.39 is 5.97 Å². The van der Waals surface area contributed by atoms with E-state index in [9.17, 15) is 4.79 Å². The van der Waals surface area contributed by atoms with Gasteiger partial charge in [0.2, 0.25) is 0 Å². The lowest BCUT2D eigenvalue weighted by Gasteiger charge is -2.32. The minimum absolute atomic E-state index is 0.151. The van der Waals surface area contributed by atoms with Crippen LogP contribution in [0.2, 0.25) is 5.02 Å². The molecule has 0 saturated carbocycles. The van der Waals surface area contributed by atoms with Gasteiger partial charge in [-0.1, -0.05) is 41.9 Å². The van der Waals surface area contributed by atoms with Gasteiger partial charge in [-0.05, 0) is 23.8 Å². The molecule has 1 heterocycles. The average Bonchev–Trinajstić information content (AvgIpc) is 2.67. The van der Waals surface area contributed by atoms with Crippen molar-refractivity contribution in [3.8, 4) is 5.75 Å². The zero-order valence-electron chi connectivity index (χ0n) is 14.7. The molecule has 0 spiro atoms. The van der Waals surface area contributed by atoms with Crippen molar-refractivity contribution in [3.05, 3.63) is 64.7 Å². The van der Waals surface area contributed by atoms with Gasteiger partial charge in [-0.15, -0.1) is 0 Å². The van der Waals surface area contributed by atoms with Gasteiger partial charge in [-0.2, -0.15) is 0 Å². The molecule has 0 bridgehead atoms. The van der Waals surface area contributed by atoms with E-state index in [4.69, 9.17) is 25.8 Å². The molecule has 138 valence electrons. The Labute approximate surface area is 158 Å². The molecule has 0 aliphatic carbocycles. The van der Waals surface area contributed by atoms with Gasteiger partial charge in [0.1, 0.15) is 24.0 Å². The third kappa shape index (κ3) is 4.97. The predicted octanol–water partition coefficient (Wildman–Crippen LogP) is 3.41. The fraction of sp³-hybridized carbons (Fsp3) is 0.350. The highest BCUT2D eigenvalue weighted by molar-refractivity contribution is 6.31. The van der Waals surface area contributed by atoms with Crippen molar-refractivity contribution < 1.29 is 19.0 Å². The summed E-state index contributed by atoms with van der Waals surface area (Å²) >= 11 is 5.97. The number of hydrogen-bond donors (Lipinski definition) is 0. The molecule has 1 unspecified atom stereocenters. The fourth-order valence-corrected chi connectivity index (χ4v) is 3.12. The van der Waals surface area contributed by atoms with E-state index >= 15 is 0 Å². The second-order valence-electron chi connectivity index (χ2n) is 6.16. The van der Waals surface area contributed by atoms with Gasteiger partial charge in [0.15, 0.2) is 0 Å². The van der Waals surface area contributed by atoms with E-state index in [1.807, 2.05) is 18.2 Å². The third-order valence-corrected chi connectivity index (χ3v) is 4.49. The Balaban J connectivity index is 1.54. The minimum Gasteiger partial charge on any atom is -0.496 e. The maximum absolute atomic E-state index is 12.4. The number of halogens is 1. The van der Waals surface area contributed by atoms with E-state index in [0.29, 0.717) is 22.9 Å². The summed E-state index contributed by atoms with van der Waals surface area (Å²) in [6.45, 7) is 3.25. The minimum atomic E-state index is -0.465. The van der Waals surface area contributed by atoms with E-state index in [1.54, 1.807) is 18.2 Å². The zero-order valence-corrected chi connectivity index (χ0v) is 15.4. The highest BCUT2D eigenvalue weighted by Crippen LogP contribution is 2.23.